The van der Waals surface area contributed by atoms with Crippen LogP contribution in [0.25, 0.3) is 0 Å². The van der Waals surface area contributed by atoms with Crippen molar-refractivity contribution in [1.29, 1.82) is 0 Å². The highest BCUT2D eigenvalue weighted by atomic mass is 16.6. The monoisotopic (exact) mass is 392 g/mol. The first-order chi connectivity index (χ1) is 12.4. The number of hydrogen-bond acceptors (Lipinski definition) is 10. The number of primary amides is 1. The zero-order valence-electron chi connectivity index (χ0n) is 15.3. The molecule has 0 aromatic rings. The molecule has 0 aromatic carbocycles. The van der Waals surface area contributed by atoms with E-state index in [2.05, 4.69) is 0 Å². The summed E-state index contributed by atoms with van der Waals surface area (Å²) in [6.45, 7) is 1.98. The van der Waals surface area contributed by atoms with E-state index in [9.17, 15) is 34.8 Å². The number of aliphatic hydroxyl groups is 4. The van der Waals surface area contributed by atoms with Crippen LogP contribution in [0.3, 0.4) is 0 Å². The number of carbonyl (C=O) groups is 3. The van der Waals surface area contributed by atoms with Gasteiger partial charge in [-0.15, -0.1) is 0 Å². The lowest BCUT2D eigenvalue weighted by Crippen LogP contribution is -2.58. The molecule has 0 saturated carbocycles. The second kappa shape index (κ2) is 9.53. The van der Waals surface area contributed by atoms with Gasteiger partial charge in [-0.3, -0.25) is 14.4 Å². The van der Waals surface area contributed by atoms with Crippen molar-refractivity contribution in [3.8, 4) is 0 Å². The Morgan fingerprint density at radius 1 is 1.33 bits per heavy atom. The van der Waals surface area contributed by atoms with Crippen LogP contribution in [0.2, 0.25) is 0 Å². The fourth-order valence-corrected chi connectivity index (χ4v) is 3.03. The van der Waals surface area contributed by atoms with Gasteiger partial charge in [-0.25, -0.2) is 0 Å². The summed E-state index contributed by atoms with van der Waals surface area (Å²) in [5.41, 5.74) is 10.3. The Bertz CT molecular complexity index is 556. The van der Waals surface area contributed by atoms with Gasteiger partial charge in [0.1, 0.15) is 12.6 Å². The van der Waals surface area contributed by atoms with Crippen LogP contribution in [0.5, 0.6) is 0 Å². The average molecular weight is 392 g/mol. The van der Waals surface area contributed by atoms with E-state index in [-0.39, 0.29) is 6.42 Å². The summed E-state index contributed by atoms with van der Waals surface area (Å²) < 4.78 is 10.2. The van der Waals surface area contributed by atoms with Crippen LogP contribution in [-0.2, 0) is 23.9 Å². The zero-order chi connectivity index (χ0) is 20.9. The summed E-state index contributed by atoms with van der Waals surface area (Å²) in [7, 11) is 0. The largest absolute Gasteiger partial charge is 0.462 e. The molecule has 4 unspecified atom stereocenters. The molecule has 0 bridgehead atoms. The van der Waals surface area contributed by atoms with Crippen LogP contribution >= 0.6 is 0 Å². The molecule has 0 aliphatic carbocycles. The molecule has 1 rings (SSSR count). The predicted octanol–water partition coefficient (Wildman–Crippen LogP) is -3.09. The van der Waals surface area contributed by atoms with Crippen LogP contribution in [-0.4, -0.2) is 80.9 Å². The van der Waals surface area contributed by atoms with E-state index in [0.29, 0.717) is 0 Å². The van der Waals surface area contributed by atoms with E-state index in [1.54, 1.807) is 0 Å². The van der Waals surface area contributed by atoms with Crippen molar-refractivity contribution in [3.05, 3.63) is 0 Å². The lowest BCUT2D eigenvalue weighted by atomic mass is 9.81. The third-order valence-corrected chi connectivity index (χ3v) is 4.46. The Kier molecular flexibility index (Phi) is 8.26. The van der Waals surface area contributed by atoms with Crippen molar-refractivity contribution in [1.82, 2.24) is 0 Å². The summed E-state index contributed by atoms with van der Waals surface area (Å²) >= 11 is 0. The predicted molar refractivity (Wildman–Crippen MR) is 89.7 cm³/mol. The Morgan fingerprint density at radius 2 is 1.93 bits per heavy atom. The Hall–Kier alpha value is -1.63. The molecular weight excluding hydrogens is 364 g/mol. The third-order valence-electron chi connectivity index (χ3n) is 4.46. The quantitative estimate of drug-likeness (QED) is 0.218. The normalized spacial score (nSPS) is 31.6. The van der Waals surface area contributed by atoms with Crippen molar-refractivity contribution in [2.75, 3.05) is 6.61 Å². The molecule has 1 heterocycles. The van der Waals surface area contributed by atoms with Gasteiger partial charge in [0.2, 0.25) is 11.7 Å². The van der Waals surface area contributed by atoms with Crippen LogP contribution in [0.4, 0.5) is 0 Å². The highest BCUT2D eigenvalue weighted by Crippen LogP contribution is 2.36. The lowest BCUT2D eigenvalue weighted by molar-refractivity contribution is -0.285. The van der Waals surface area contributed by atoms with Gasteiger partial charge in [-0.2, -0.15) is 0 Å². The minimum atomic E-state index is -2.24. The van der Waals surface area contributed by atoms with Crippen LogP contribution < -0.4 is 11.5 Å². The van der Waals surface area contributed by atoms with Crippen LogP contribution in [0.15, 0.2) is 0 Å². The maximum atomic E-state index is 11.6. The van der Waals surface area contributed by atoms with Crippen molar-refractivity contribution in [2.24, 2.45) is 17.4 Å². The van der Waals surface area contributed by atoms with Crippen LogP contribution in [0, 0.1) is 5.92 Å². The molecular formula is C16H28N2O9. The SMILES string of the molecule is CC(=O)C1(O)CC(O)C([C@@H](C)O)C(C[C@H](O)COC(=O)[C@H](N)CC(N)=O)O1. The number of ether oxygens (including phenoxy) is 2. The molecule has 11 heteroatoms. The van der Waals surface area contributed by atoms with E-state index < -0.39 is 79.3 Å². The van der Waals surface area contributed by atoms with Gasteiger partial charge >= 0.3 is 5.97 Å². The number of aliphatic hydroxyl groups excluding tert-OH is 3. The molecule has 1 aliphatic heterocycles. The molecule has 0 radical (unpaired) electrons. The molecule has 1 aliphatic rings. The molecule has 7 atom stereocenters. The average Bonchev–Trinajstić information content (AvgIpc) is 2.50. The maximum Gasteiger partial charge on any atom is 0.323 e. The molecule has 1 fully saturated rings. The number of nitrogens with two attached hydrogens (primary N) is 2. The third kappa shape index (κ3) is 6.48. The molecule has 11 nitrogen and oxygen atoms in total. The summed E-state index contributed by atoms with van der Waals surface area (Å²) in [4.78, 5) is 34.0. The summed E-state index contributed by atoms with van der Waals surface area (Å²) in [5.74, 6) is -5.57. The van der Waals surface area contributed by atoms with E-state index >= 15 is 0 Å². The number of amides is 1. The molecule has 1 saturated heterocycles. The highest BCUT2D eigenvalue weighted by molar-refractivity contribution is 5.84. The van der Waals surface area contributed by atoms with E-state index in [0.717, 1.165) is 6.92 Å². The zero-order valence-corrected chi connectivity index (χ0v) is 15.3. The number of Topliss-reactive ketones (excluding diaryl/α,β-unsaturated/α-hetero) is 1. The fraction of sp³-hybridized carbons (Fsp3) is 0.812. The molecule has 0 aromatic heterocycles. The van der Waals surface area contributed by atoms with Gasteiger partial charge in [0.15, 0.2) is 5.78 Å². The first-order valence-corrected chi connectivity index (χ1v) is 8.53. The highest BCUT2D eigenvalue weighted by Gasteiger charge is 2.50. The van der Waals surface area contributed by atoms with Crippen molar-refractivity contribution < 1.29 is 44.3 Å². The van der Waals surface area contributed by atoms with Gasteiger partial charge in [-0.05, 0) is 6.92 Å². The van der Waals surface area contributed by atoms with Gasteiger partial charge in [0, 0.05) is 25.7 Å². The summed E-state index contributed by atoms with van der Waals surface area (Å²) in [6.07, 6.45) is -5.78. The second-order valence-corrected chi connectivity index (χ2v) is 6.88. The number of esters is 1. The van der Waals surface area contributed by atoms with Gasteiger partial charge < -0.3 is 41.4 Å². The van der Waals surface area contributed by atoms with Crippen LogP contribution in [0.1, 0.15) is 33.1 Å². The summed E-state index contributed by atoms with van der Waals surface area (Å²) in [5, 5.41) is 40.4. The maximum absolute atomic E-state index is 11.6. The molecule has 27 heavy (non-hydrogen) atoms. The minimum Gasteiger partial charge on any atom is -0.462 e. The van der Waals surface area contributed by atoms with Crippen molar-refractivity contribution in [2.45, 2.75) is 69.4 Å². The Labute approximate surface area is 156 Å². The first kappa shape index (κ1) is 23.4. The van der Waals surface area contributed by atoms with Gasteiger partial charge in [-0.1, -0.05) is 0 Å². The topological polar surface area (TPSA) is 203 Å². The van der Waals surface area contributed by atoms with Gasteiger partial charge in [0.05, 0.1) is 30.8 Å². The van der Waals surface area contributed by atoms with E-state index in [4.69, 9.17) is 20.9 Å². The lowest BCUT2D eigenvalue weighted by Gasteiger charge is -2.44. The first-order valence-electron chi connectivity index (χ1n) is 8.53. The van der Waals surface area contributed by atoms with Crippen molar-refractivity contribution >= 4 is 17.7 Å². The minimum absolute atomic E-state index is 0.249. The smallest absolute Gasteiger partial charge is 0.323 e. The standard InChI is InChI=1S/C16H28N2O9/c1-7(19)14-11(22)5-16(25,8(2)20)27-12(14)3-9(21)6-26-15(24)10(17)4-13(18)23/h7,9-12,14,19,21-22,25H,3-6,17H2,1-2H3,(H2,18,23)/t7-,9+,10-,11?,12?,14?,16?/m1/s1. The van der Waals surface area contributed by atoms with Gasteiger partial charge in [0.25, 0.3) is 0 Å². The molecule has 8 N–H and O–H groups in total. The number of hydrogen-bond donors (Lipinski definition) is 6. The number of ketones is 1. The Balaban J connectivity index is 2.72. The number of carbonyl (C=O) groups excluding carboxylic acids is 3. The second-order valence-electron chi connectivity index (χ2n) is 6.88. The number of rotatable bonds is 9. The Morgan fingerprint density at radius 3 is 2.41 bits per heavy atom. The summed E-state index contributed by atoms with van der Waals surface area (Å²) in [6, 6.07) is -1.27. The fourth-order valence-electron chi connectivity index (χ4n) is 3.03. The van der Waals surface area contributed by atoms with E-state index in [1.165, 1.54) is 6.92 Å². The molecule has 1 amide bonds. The van der Waals surface area contributed by atoms with E-state index in [1.807, 2.05) is 0 Å². The van der Waals surface area contributed by atoms with Crippen molar-refractivity contribution in [3.63, 3.8) is 0 Å². The molecule has 156 valence electrons. The molecule has 0 spiro atoms.